The van der Waals surface area contributed by atoms with Crippen LogP contribution in [0.4, 0.5) is 0 Å². The molecule has 0 spiro atoms. The zero-order valence-corrected chi connectivity index (χ0v) is 18.9. The van der Waals surface area contributed by atoms with Crippen molar-refractivity contribution >= 4 is 28.6 Å². The number of aromatic nitrogens is 1. The van der Waals surface area contributed by atoms with E-state index in [0.29, 0.717) is 23.1 Å². The summed E-state index contributed by atoms with van der Waals surface area (Å²) >= 11 is 6.43. The summed E-state index contributed by atoms with van der Waals surface area (Å²) in [5.74, 6) is 0. The number of benzene rings is 2. The molecule has 6 heteroatoms. The fourth-order valence-electron chi connectivity index (χ4n) is 4.84. The molecule has 1 atom stereocenters. The van der Waals surface area contributed by atoms with Gasteiger partial charge in [-0.2, -0.15) is 0 Å². The third-order valence-electron chi connectivity index (χ3n) is 6.44. The van der Waals surface area contributed by atoms with Crippen molar-refractivity contribution in [3.05, 3.63) is 87.6 Å². The Morgan fingerprint density at radius 2 is 1.88 bits per heavy atom. The molecule has 1 N–H and O–H groups in total. The molecule has 2 aromatic carbocycles. The number of para-hydroxylation sites is 1. The lowest BCUT2D eigenvalue weighted by molar-refractivity contribution is 0.282. The number of hydrogen-bond donors (Lipinski definition) is 1. The number of pyridine rings is 1. The van der Waals surface area contributed by atoms with Crippen molar-refractivity contribution in [1.82, 2.24) is 14.8 Å². The second kappa shape index (κ2) is 8.83. The number of hydrogen-bond acceptors (Lipinski definition) is 4. The van der Waals surface area contributed by atoms with Crippen LogP contribution in [0.2, 0.25) is 5.02 Å². The van der Waals surface area contributed by atoms with Crippen LogP contribution in [0.1, 0.15) is 44.3 Å². The molecule has 1 aliphatic heterocycles. The van der Waals surface area contributed by atoms with Gasteiger partial charge < -0.3 is 10.2 Å². The molecule has 1 saturated carbocycles. The van der Waals surface area contributed by atoms with E-state index >= 15 is 0 Å². The van der Waals surface area contributed by atoms with Crippen LogP contribution in [0.3, 0.4) is 0 Å². The van der Waals surface area contributed by atoms with E-state index < -0.39 is 0 Å². The number of allylic oxidation sites excluding steroid dienone is 1. The highest BCUT2D eigenvalue weighted by Crippen LogP contribution is 2.27. The quantitative estimate of drug-likeness (QED) is 0.569. The van der Waals surface area contributed by atoms with Crippen LogP contribution < -0.4 is 10.9 Å². The summed E-state index contributed by atoms with van der Waals surface area (Å²) in [7, 11) is 0. The van der Waals surface area contributed by atoms with Gasteiger partial charge in [0.15, 0.2) is 0 Å². The SMILES string of the molecule is CC(NC1=CN(C2CCCC2)CN=C1)c1cc2cccc(Cl)c2c(=O)n1-c1ccccc1. The summed E-state index contributed by atoms with van der Waals surface area (Å²) < 4.78 is 1.77. The molecule has 1 fully saturated rings. The van der Waals surface area contributed by atoms with E-state index in [-0.39, 0.29) is 11.6 Å². The standard InChI is InChI=1S/C26H27ClN4O/c1-18(29-20-15-28-17-30(16-20)21-9-5-6-10-21)24-14-19-8-7-13-23(27)25(19)26(32)31(24)22-11-3-2-4-12-22/h2-4,7-8,11-16,18,21,29H,5-6,9-10,17H2,1H3. The van der Waals surface area contributed by atoms with Gasteiger partial charge in [0.25, 0.3) is 5.56 Å². The fraction of sp³-hybridized carbons (Fsp3) is 0.308. The van der Waals surface area contributed by atoms with Crippen molar-refractivity contribution in [2.24, 2.45) is 4.99 Å². The van der Waals surface area contributed by atoms with Crippen LogP contribution in [0.25, 0.3) is 16.5 Å². The van der Waals surface area contributed by atoms with Crippen LogP contribution in [0.5, 0.6) is 0 Å². The van der Waals surface area contributed by atoms with E-state index in [1.807, 2.05) is 48.7 Å². The van der Waals surface area contributed by atoms with Crippen LogP contribution in [0, 0.1) is 0 Å². The van der Waals surface area contributed by atoms with E-state index in [0.717, 1.165) is 22.5 Å². The molecular weight excluding hydrogens is 420 g/mol. The van der Waals surface area contributed by atoms with Gasteiger partial charge in [0.1, 0.15) is 6.67 Å². The highest BCUT2D eigenvalue weighted by molar-refractivity contribution is 6.35. The second-order valence-corrected chi connectivity index (χ2v) is 9.01. The number of halogens is 1. The number of aliphatic imine (C=N–C) groups is 1. The first-order chi connectivity index (χ1) is 15.6. The van der Waals surface area contributed by atoms with E-state index in [4.69, 9.17) is 11.6 Å². The highest BCUT2D eigenvalue weighted by Gasteiger charge is 2.23. The maximum atomic E-state index is 13.6. The Hall–Kier alpha value is -3.05. The molecule has 164 valence electrons. The maximum absolute atomic E-state index is 13.6. The van der Waals surface area contributed by atoms with Crippen molar-refractivity contribution in [2.75, 3.05) is 6.67 Å². The molecular formula is C26H27ClN4O. The minimum atomic E-state index is -0.118. The van der Waals surface area contributed by atoms with Crippen LogP contribution in [-0.2, 0) is 0 Å². The van der Waals surface area contributed by atoms with Gasteiger partial charge in [0.2, 0.25) is 0 Å². The lowest BCUT2D eigenvalue weighted by Crippen LogP contribution is -2.34. The summed E-state index contributed by atoms with van der Waals surface area (Å²) in [5.41, 5.74) is 2.56. The second-order valence-electron chi connectivity index (χ2n) is 8.61. The Bertz CT molecular complexity index is 1240. The number of nitrogens with one attached hydrogen (secondary N) is 1. The number of fused-ring (bicyclic) bond motifs is 1. The first kappa shape index (κ1) is 20.8. The molecule has 1 aliphatic carbocycles. The molecule has 1 unspecified atom stereocenters. The van der Waals surface area contributed by atoms with Gasteiger partial charge in [0, 0.05) is 29.8 Å². The first-order valence-corrected chi connectivity index (χ1v) is 11.6. The Morgan fingerprint density at radius 3 is 2.66 bits per heavy atom. The summed E-state index contributed by atoms with van der Waals surface area (Å²) in [6, 6.07) is 17.8. The van der Waals surface area contributed by atoms with Crippen LogP contribution >= 0.6 is 11.6 Å². The molecule has 0 bridgehead atoms. The fourth-order valence-corrected chi connectivity index (χ4v) is 5.11. The minimum Gasteiger partial charge on any atom is -0.375 e. The Morgan fingerprint density at radius 1 is 1.09 bits per heavy atom. The lowest BCUT2D eigenvalue weighted by Gasteiger charge is -2.30. The van der Waals surface area contributed by atoms with Gasteiger partial charge in [-0.3, -0.25) is 14.4 Å². The average molecular weight is 447 g/mol. The summed E-state index contributed by atoms with van der Waals surface area (Å²) in [6.07, 6.45) is 9.12. The molecule has 2 aliphatic rings. The van der Waals surface area contributed by atoms with E-state index in [1.54, 1.807) is 10.6 Å². The van der Waals surface area contributed by atoms with Gasteiger partial charge in [-0.1, -0.05) is 54.8 Å². The zero-order valence-electron chi connectivity index (χ0n) is 18.2. The molecule has 5 rings (SSSR count). The molecule has 0 saturated heterocycles. The minimum absolute atomic E-state index is 0.109. The van der Waals surface area contributed by atoms with Crippen molar-refractivity contribution in [1.29, 1.82) is 0 Å². The van der Waals surface area contributed by atoms with Crippen molar-refractivity contribution in [2.45, 2.75) is 44.7 Å². The molecule has 5 nitrogen and oxygen atoms in total. The molecule has 32 heavy (non-hydrogen) atoms. The van der Waals surface area contributed by atoms with Crippen LogP contribution in [0.15, 0.2) is 76.3 Å². The van der Waals surface area contributed by atoms with Gasteiger partial charge in [-0.05, 0) is 49.4 Å². The predicted molar refractivity (Wildman–Crippen MR) is 132 cm³/mol. The van der Waals surface area contributed by atoms with Crippen LogP contribution in [-0.4, -0.2) is 28.4 Å². The third kappa shape index (κ3) is 3.93. The lowest BCUT2D eigenvalue weighted by atomic mass is 10.1. The van der Waals surface area contributed by atoms with Gasteiger partial charge in [-0.25, -0.2) is 0 Å². The maximum Gasteiger partial charge on any atom is 0.264 e. The normalized spacial score (nSPS) is 17.6. The number of nitrogens with zero attached hydrogens (tertiary/aromatic N) is 3. The van der Waals surface area contributed by atoms with Crippen molar-refractivity contribution < 1.29 is 0 Å². The average Bonchev–Trinajstić information content (AvgIpc) is 3.35. The van der Waals surface area contributed by atoms with Gasteiger partial charge >= 0.3 is 0 Å². The van der Waals surface area contributed by atoms with E-state index in [1.165, 1.54) is 25.7 Å². The largest absolute Gasteiger partial charge is 0.375 e. The topological polar surface area (TPSA) is 49.6 Å². The highest BCUT2D eigenvalue weighted by atomic mass is 35.5. The predicted octanol–water partition coefficient (Wildman–Crippen LogP) is 5.42. The molecule has 0 radical (unpaired) electrons. The van der Waals surface area contributed by atoms with E-state index in [9.17, 15) is 4.79 Å². The third-order valence-corrected chi connectivity index (χ3v) is 6.75. The summed E-state index contributed by atoms with van der Waals surface area (Å²) in [4.78, 5) is 20.5. The van der Waals surface area contributed by atoms with Gasteiger partial charge in [-0.15, -0.1) is 0 Å². The monoisotopic (exact) mass is 446 g/mol. The first-order valence-electron chi connectivity index (χ1n) is 11.3. The van der Waals surface area contributed by atoms with Gasteiger partial charge in [0.05, 0.1) is 22.1 Å². The number of rotatable bonds is 5. The van der Waals surface area contributed by atoms with Crippen molar-refractivity contribution in [3.63, 3.8) is 0 Å². The Labute approximate surface area is 193 Å². The van der Waals surface area contributed by atoms with Crippen molar-refractivity contribution in [3.8, 4) is 5.69 Å². The Balaban J connectivity index is 1.55. The smallest absolute Gasteiger partial charge is 0.264 e. The molecule has 3 aromatic rings. The molecule has 0 amide bonds. The Kier molecular flexibility index (Phi) is 5.75. The summed E-state index contributed by atoms with van der Waals surface area (Å²) in [5, 5.41) is 5.44. The summed E-state index contributed by atoms with van der Waals surface area (Å²) in [6.45, 7) is 2.79. The zero-order chi connectivity index (χ0) is 22.1. The van der Waals surface area contributed by atoms with E-state index in [2.05, 4.69) is 34.4 Å². The molecule has 1 aromatic heterocycles. The molecule has 2 heterocycles.